The number of nitrogens with one attached hydrogen (secondary N) is 2. The highest BCUT2D eigenvalue weighted by atomic mass is 35.5. The van der Waals surface area contributed by atoms with Crippen molar-refractivity contribution in [3.05, 3.63) is 30.1 Å². The molecule has 0 fully saturated rings. The molecule has 0 saturated carbocycles. The average molecular weight is 238 g/mol. The van der Waals surface area contributed by atoms with Gasteiger partial charge in [-0.25, -0.2) is 4.98 Å². The van der Waals surface area contributed by atoms with Gasteiger partial charge in [-0.2, -0.15) is 0 Å². The number of carbonyl (C=O) groups excluding carboxylic acids is 1. The number of aromatic amines is 1. The van der Waals surface area contributed by atoms with E-state index in [4.69, 9.17) is 11.6 Å². The predicted octanol–water partition coefficient (Wildman–Crippen LogP) is 1.98. The van der Waals surface area contributed by atoms with Crippen molar-refractivity contribution < 1.29 is 4.79 Å². The fraction of sp³-hybridized carbons (Fsp3) is 0.273. The number of hydrogen-bond donors (Lipinski definition) is 2. The van der Waals surface area contributed by atoms with Gasteiger partial charge in [-0.15, -0.1) is 11.6 Å². The number of nitrogens with zero attached hydrogens (tertiary/aromatic N) is 1. The summed E-state index contributed by atoms with van der Waals surface area (Å²) in [5.74, 6) is 0.499. The van der Waals surface area contributed by atoms with Crippen LogP contribution >= 0.6 is 11.6 Å². The third-order valence-electron chi connectivity index (χ3n) is 2.32. The lowest BCUT2D eigenvalue weighted by atomic mass is 10.3. The number of amides is 1. The molecule has 5 heteroatoms. The third kappa shape index (κ3) is 2.17. The summed E-state index contributed by atoms with van der Waals surface area (Å²) in [6.45, 7) is 1.86. The van der Waals surface area contributed by atoms with Gasteiger partial charge in [0, 0.05) is 0 Å². The molecule has 0 radical (unpaired) electrons. The van der Waals surface area contributed by atoms with Crippen LogP contribution in [0.25, 0.3) is 11.0 Å². The molecule has 1 aromatic carbocycles. The quantitative estimate of drug-likeness (QED) is 0.802. The van der Waals surface area contributed by atoms with Gasteiger partial charge < -0.3 is 10.3 Å². The van der Waals surface area contributed by atoms with E-state index in [1.165, 1.54) is 0 Å². The van der Waals surface area contributed by atoms with Crippen molar-refractivity contribution >= 4 is 28.5 Å². The van der Waals surface area contributed by atoms with Gasteiger partial charge in [0.2, 0.25) is 5.91 Å². The molecule has 0 spiro atoms. The minimum atomic E-state index is -0.199. The van der Waals surface area contributed by atoms with Crippen LogP contribution in [0.1, 0.15) is 18.8 Å². The van der Waals surface area contributed by atoms with Crippen molar-refractivity contribution in [3.63, 3.8) is 0 Å². The highest BCUT2D eigenvalue weighted by molar-refractivity contribution is 6.27. The van der Waals surface area contributed by atoms with Crippen LogP contribution in [0.4, 0.5) is 0 Å². The molecule has 0 aliphatic heterocycles. The van der Waals surface area contributed by atoms with E-state index in [9.17, 15) is 4.79 Å². The maximum Gasteiger partial charge on any atom is 0.235 e. The molecule has 1 aromatic heterocycles. The summed E-state index contributed by atoms with van der Waals surface area (Å²) in [6, 6.07) is 7.56. The lowest BCUT2D eigenvalue weighted by Crippen LogP contribution is -2.28. The normalized spacial score (nSPS) is 12.6. The number of alkyl halides is 1. The first-order valence-electron chi connectivity index (χ1n) is 5.00. The van der Waals surface area contributed by atoms with Crippen LogP contribution in [0.5, 0.6) is 0 Å². The Morgan fingerprint density at radius 1 is 1.56 bits per heavy atom. The van der Waals surface area contributed by atoms with Crippen LogP contribution in [0.15, 0.2) is 24.3 Å². The lowest BCUT2D eigenvalue weighted by molar-refractivity contribution is -0.119. The first-order valence-corrected chi connectivity index (χ1v) is 5.54. The van der Waals surface area contributed by atoms with Crippen LogP contribution in [-0.2, 0) is 4.79 Å². The fourth-order valence-electron chi connectivity index (χ4n) is 1.53. The molecule has 2 rings (SSSR count). The Bertz CT molecular complexity index is 476. The number of imidazole rings is 1. The summed E-state index contributed by atoms with van der Waals surface area (Å²) >= 11 is 5.42. The summed E-state index contributed by atoms with van der Waals surface area (Å²) < 4.78 is 0. The van der Waals surface area contributed by atoms with Gasteiger partial charge in [0.15, 0.2) is 0 Å². The zero-order valence-electron chi connectivity index (χ0n) is 8.83. The second-order valence-corrected chi connectivity index (χ2v) is 3.83. The van der Waals surface area contributed by atoms with Crippen LogP contribution in [0.3, 0.4) is 0 Å². The number of fused-ring (bicyclic) bond motifs is 1. The number of halogens is 1. The molecule has 16 heavy (non-hydrogen) atoms. The van der Waals surface area contributed by atoms with Gasteiger partial charge >= 0.3 is 0 Å². The minimum absolute atomic E-state index is 0.0371. The van der Waals surface area contributed by atoms with E-state index < -0.39 is 0 Å². The SMILES string of the molecule is CC(NC(=O)CCl)c1nc2ccccc2[nH]1. The standard InChI is InChI=1S/C11H12ClN3O/c1-7(13-10(16)6-12)11-14-8-4-2-3-5-9(8)15-11/h2-5,7H,6H2,1H3,(H,13,16)(H,14,15). The highest BCUT2D eigenvalue weighted by Gasteiger charge is 2.12. The second-order valence-electron chi connectivity index (χ2n) is 3.56. The molecule has 1 atom stereocenters. The van der Waals surface area contributed by atoms with Crippen molar-refractivity contribution in [2.45, 2.75) is 13.0 Å². The molecule has 2 aromatic rings. The van der Waals surface area contributed by atoms with Gasteiger partial charge in [0.1, 0.15) is 11.7 Å². The first kappa shape index (κ1) is 11.0. The summed E-state index contributed by atoms with van der Waals surface area (Å²) in [7, 11) is 0. The number of carbonyl (C=O) groups is 1. The molecule has 0 aliphatic carbocycles. The monoisotopic (exact) mass is 237 g/mol. The zero-order chi connectivity index (χ0) is 11.5. The number of para-hydroxylation sites is 2. The Kier molecular flexibility index (Phi) is 3.10. The Labute approximate surface area is 98.0 Å². The van der Waals surface area contributed by atoms with Crippen LogP contribution in [0, 0.1) is 0 Å². The van der Waals surface area contributed by atoms with Crippen molar-refractivity contribution in [1.29, 1.82) is 0 Å². The van der Waals surface area contributed by atoms with Crippen LogP contribution in [-0.4, -0.2) is 21.8 Å². The molecule has 1 unspecified atom stereocenters. The van der Waals surface area contributed by atoms with Gasteiger partial charge in [-0.05, 0) is 19.1 Å². The van der Waals surface area contributed by atoms with Crippen molar-refractivity contribution in [2.24, 2.45) is 0 Å². The van der Waals surface area contributed by atoms with E-state index in [0.29, 0.717) is 0 Å². The topological polar surface area (TPSA) is 57.8 Å². The van der Waals surface area contributed by atoms with E-state index in [0.717, 1.165) is 16.9 Å². The predicted molar refractivity (Wildman–Crippen MR) is 63.4 cm³/mol. The molecule has 0 bridgehead atoms. The number of H-pyrrole nitrogens is 1. The minimum Gasteiger partial charge on any atom is -0.345 e. The van der Waals surface area contributed by atoms with Gasteiger partial charge in [0.25, 0.3) is 0 Å². The maximum absolute atomic E-state index is 11.1. The number of benzene rings is 1. The number of rotatable bonds is 3. The maximum atomic E-state index is 11.1. The highest BCUT2D eigenvalue weighted by Crippen LogP contribution is 2.15. The summed E-state index contributed by atoms with van der Waals surface area (Å²) in [4.78, 5) is 18.7. The second kappa shape index (κ2) is 4.53. The molecular formula is C11H12ClN3O. The Morgan fingerprint density at radius 3 is 3.00 bits per heavy atom. The average Bonchev–Trinajstić information content (AvgIpc) is 2.72. The molecule has 1 heterocycles. The summed E-state index contributed by atoms with van der Waals surface area (Å²) in [5.41, 5.74) is 1.86. The summed E-state index contributed by atoms with van der Waals surface area (Å²) in [6.07, 6.45) is 0. The fourth-order valence-corrected chi connectivity index (χ4v) is 1.60. The largest absolute Gasteiger partial charge is 0.345 e. The van der Waals surface area contributed by atoms with Crippen LogP contribution in [0.2, 0.25) is 0 Å². The van der Waals surface area contributed by atoms with E-state index >= 15 is 0 Å². The van der Waals surface area contributed by atoms with E-state index in [2.05, 4.69) is 15.3 Å². The van der Waals surface area contributed by atoms with Gasteiger partial charge in [0.05, 0.1) is 17.1 Å². The summed E-state index contributed by atoms with van der Waals surface area (Å²) in [5, 5.41) is 2.74. The van der Waals surface area contributed by atoms with Crippen molar-refractivity contribution in [2.75, 3.05) is 5.88 Å². The molecule has 1 amide bonds. The molecular weight excluding hydrogens is 226 g/mol. The van der Waals surface area contributed by atoms with Crippen molar-refractivity contribution in [1.82, 2.24) is 15.3 Å². The lowest BCUT2D eigenvalue weighted by Gasteiger charge is -2.09. The van der Waals surface area contributed by atoms with Gasteiger partial charge in [-0.1, -0.05) is 12.1 Å². The van der Waals surface area contributed by atoms with Crippen LogP contribution < -0.4 is 5.32 Å². The molecule has 84 valence electrons. The first-order chi connectivity index (χ1) is 7.70. The van der Waals surface area contributed by atoms with Gasteiger partial charge in [-0.3, -0.25) is 4.79 Å². The number of hydrogen-bond acceptors (Lipinski definition) is 2. The zero-order valence-corrected chi connectivity index (χ0v) is 9.58. The van der Waals surface area contributed by atoms with E-state index in [-0.39, 0.29) is 17.8 Å². The van der Waals surface area contributed by atoms with Crippen molar-refractivity contribution in [3.8, 4) is 0 Å². The smallest absolute Gasteiger partial charge is 0.235 e. The third-order valence-corrected chi connectivity index (χ3v) is 2.56. The molecule has 0 aliphatic rings. The Morgan fingerprint density at radius 2 is 2.31 bits per heavy atom. The molecule has 0 saturated heterocycles. The Balaban J connectivity index is 2.23. The number of aromatic nitrogens is 2. The van der Waals surface area contributed by atoms with E-state index in [1.807, 2.05) is 31.2 Å². The van der Waals surface area contributed by atoms with E-state index in [1.54, 1.807) is 0 Å². The Hall–Kier alpha value is -1.55. The molecule has 4 nitrogen and oxygen atoms in total. The molecule has 2 N–H and O–H groups in total.